The van der Waals surface area contributed by atoms with Crippen LogP contribution in [0.5, 0.6) is 17.2 Å². The molecular formula is C21H30N2O4. The van der Waals surface area contributed by atoms with Crippen LogP contribution in [0.4, 0.5) is 0 Å². The number of furan rings is 1. The predicted octanol–water partition coefficient (Wildman–Crippen LogP) is 3.62. The molecule has 0 spiro atoms. The Kier molecular flexibility index (Phi) is 7.01. The third kappa shape index (κ3) is 4.76. The lowest BCUT2D eigenvalue weighted by Gasteiger charge is -2.33. The number of benzene rings is 1. The topological polar surface area (TPSA) is 56.1 Å². The molecule has 6 nitrogen and oxygen atoms in total. The Bertz CT molecular complexity index is 671. The molecule has 0 bridgehead atoms. The van der Waals surface area contributed by atoms with Gasteiger partial charge in [0.1, 0.15) is 23.0 Å². The lowest BCUT2D eigenvalue weighted by atomic mass is 10.1. The highest BCUT2D eigenvalue weighted by molar-refractivity contribution is 5.50. The largest absolute Gasteiger partial charge is 0.496 e. The minimum Gasteiger partial charge on any atom is -0.496 e. The van der Waals surface area contributed by atoms with Gasteiger partial charge in [0.25, 0.3) is 0 Å². The van der Waals surface area contributed by atoms with E-state index in [-0.39, 0.29) is 6.04 Å². The van der Waals surface area contributed by atoms with Crippen molar-refractivity contribution in [3.63, 3.8) is 0 Å². The molecule has 1 aromatic heterocycles. The van der Waals surface area contributed by atoms with Gasteiger partial charge in [-0.25, -0.2) is 0 Å². The molecule has 1 aliphatic heterocycles. The summed E-state index contributed by atoms with van der Waals surface area (Å²) in [7, 11) is 4.97. The van der Waals surface area contributed by atoms with Crippen molar-refractivity contribution < 1.29 is 18.6 Å². The highest BCUT2D eigenvalue weighted by Gasteiger charge is 2.24. The highest BCUT2D eigenvalue weighted by Crippen LogP contribution is 2.34. The number of nitrogens with zero attached hydrogens (tertiary/aromatic N) is 1. The first-order chi connectivity index (χ1) is 13.3. The molecule has 1 saturated heterocycles. The number of methoxy groups -OCH3 is 3. The third-order valence-corrected chi connectivity index (χ3v) is 5.16. The van der Waals surface area contributed by atoms with Crippen molar-refractivity contribution in [1.29, 1.82) is 0 Å². The van der Waals surface area contributed by atoms with Gasteiger partial charge < -0.3 is 23.9 Å². The fourth-order valence-corrected chi connectivity index (χ4v) is 3.71. The average molecular weight is 374 g/mol. The second-order valence-corrected chi connectivity index (χ2v) is 6.77. The van der Waals surface area contributed by atoms with Crippen molar-refractivity contribution in [3.8, 4) is 17.2 Å². The average Bonchev–Trinajstić information content (AvgIpc) is 3.25. The maximum atomic E-state index is 5.72. The Morgan fingerprint density at radius 1 is 1.04 bits per heavy atom. The second kappa shape index (κ2) is 9.67. The zero-order valence-electron chi connectivity index (χ0n) is 16.5. The molecule has 148 valence electrons. The quantitative estimate of drug-likeness (QED) is 0.723. The van der Waals surface area contributed by atoms with E-state index in [9.17, 15) is 0 Å². The van der Waals surface area contributed by atoms with E-state index in [4.69, 9.17) is 18.6 Å². The van der Waals surface area contributed by atoms with Gasteiger partial charge in [0, 0.05) is 25.2 Å². The van der Waals surface area contributed by atoms with E-state index in [2.05, 4.69) is 16.3 Å². The van der Waals surface area contributed by atoms with E-state index in [0.717, 1.165) is 42.5 Å². The second-order valence-electron chi connectivity index (χ2n) is 6.77. The molecule has 0 aliphatic carbocycles. The van der Waals surface area contributed by atoms with Crippen LogP contribution >= 0.6 is 0 Å². The van der Waals surface area contributed by atoms with Crippen molar-refractivity contribution >= 4 is 0 Å². The summed E-state index contributed by atoms with van der Waals surface area (Å²) in [5.41, 5.74) is 0.984. The summed E-state index contributed by atoms with van der Waals surface area (Å²) < 4.78 is 22.1. The van der Waals surface area contributed by atoms with Crippen LogP contribution in [0.15, 0.2) is 34.9 Å². The number of ether oxygens (including phenoxy) is 3. The molecule has 1 aromatic carbocycles. The lowest BCUT2D eigenvalue weighted by molar-refractivity contribution is 0.142. The fourth-order valence-electron chi connectivity index (χ4n) is 3.71. The molecule has 1 atom stereocenters. The molecule has 1 N–H and O–H groups in total. The first-order valence-corrected chi connectivity index (χ1v) is 9.54. The Morgan fingerprint density at radius 3 is 2.30 bits per heavy atom. The zero-order valence-corrected chi connectivity index (χ0v) is 16.5. The Hall–Kier alpha value is -2.18. The summed E-state index contributed by atoms with van der Waals surface area (Å²) in [4.78, 5) is 2.51. The van der Waals surface area contributed by atoms with E-state index in [1.54, 1.807) is 27.6 Å². The predicted molar refractivity (Wildman–Crippen MR) is 105 cm³/mol. The molecule has 2 heterocycles. The van der Waals surface area contributed by atoms with Crippen LogP contribution in [-0.2, 0) is 6.54 Å². The SMILES string of the molecule is COc1cc(OC)c(CNC[C@H](c2ccco2)N2CCCCC2)c(OC)c1. The summed E-state index contributed by atoms with van der Waals surface area (Å²) >= 11 is 0. The highest BCUT2D eigenvalue weighted by atomic mass is 16.5. The van der Waals surface area contributed by atoms with Gasteiger partial charge in [0.2, 0.25) is 0 Å². The lowest BCUT2D eigenvalue weighted by Crippen LogP contribution is -2.38. The molecule has 3 rings (SSSR count). The van der Waals surface area contributed by atoms with Crippen molar-refractivity contribution in [1.82, 2.24) is 10.2 Å². The van der Waals surface area contributed by atoms with Gasteiger partial charge in [-0.3, -0.25) is 4.90 Å². The number of likely N-dealkylation sites (tertiary alicyclic amines) is 1. The number of nitrogens with one attached hydrogen (secondary N) is 1. The molecule has 0 radical (unpaired) electrons. The molecule has 6 heteroatoms. The van der Waals surface area contributed by atoms with Gasteiger partial charge in [-0.2, -0.15) is 0 Å². The number of piperidine rings is 1. The van der Waals surface area contributed by atoms with Crippen molar-refractivity contribution in [2.45, 2.75) is 31.8 Å². The van der Waals surface area contributed by atoms with E-state index < -0.39 is 0 Å². The standard InChI is InChI=1S/C21H30N2O4/c1-24-16-12-20(25-2)17(21(13-16)26-3)14-22-15-18(19-8-7-11-27-19)23-9-5-4-6-10-23/h7-8,11-13,18,22H,4-6,9-10,14-15H2,1-3H3/t18-/m1/s1. The first-order valence-electron chi connectivity index (χ1n) is 9.54. The van der Waals surface area contributed by atoms with Crippen LogP contribution in [0.1, 0.15) is 36.6 Å². The molecule has 1 aliphatic rings. The van der Waals surface area contributed by atoms with E-state index in [1.807, 2.05) is 18.2 Å². The first kappa shape index (κ1) is 19.6. The molecular weight excluding hydrogens is 344 g/mol. The van der Waals surface area contributed by atoms with Crippen molar-refractivity contribution in [2.24, 2.45) is 0 Å². The monoisotopic (exact) mass is 374 g/mol. The van der Waals surface area contributed by atoms with Crippen LogP contribution < -0.4 is 19.5 Å². The summed E-state index contributed by atoms with van der Waals surface area (Å²) in [6.07, 6.45) is 5.56. The number of hydrogen-bond acceptors (Lipinski definition) is 6. The van der Waals surface area contributed by atoms with Gasteiger partial charge >= 0.3 is 0 Å². The molecule has 1 fully saturated rings. The Morgan fingerprint density at radius 2 is 1.74 bits per heavy atom. The van der Waals surface area contributed by atoms with E-state index >= 15 is 0 Å². The van der Waals surface area contributed by atoms with Crippen LogP contribution in [0.2, 0.25) is 0 Å². The summed E-state index contributed by atoms with van der Waals surface area (Å²) in [6, 6.07) is 8.02. The minimum atomic E-state index is 0.232. The van der Waals surface area contributed by atoms with Gasteiger partial charge in [-0.15, -0.1) is 0 Å². The maximum Gasteiger partial charge on any atom is 0.130 e. The molecule has 27 heavy (non-hydrogen) atoms. The Labute approximate surface area is 161 Å². The van der Waals surface area contributed by atoms with Crippen LogP contribution in [0.25, 0.3) is 0 Å². The summed E-state index contributed by atoms with van der Waals surface area (Å²) in [5, 5.41) is 3.57. The molecule has 0 saturated carbocycles. The van der Waals surface area contributed by atoms with Gasteiger partial charge in [-0.05, 0) is 38.1 Å². The van der Waals surface area contributed by atoms with Crippen molar-refractivity contribution in [2.75, 3.05) is 41.0 Å². The van der Waals surface area contributed by atoms with Crippen LogP contribution in [0.3, 0.4) is 0 Å². The number of rotatable bonds is 9. The minimum absolute atomic E-state index is 0.232. The molecule has 2 aromatic rings. The van der Waals surface area contributed by atoms with Crippen molar-refractivity contribution in [3.05, 3.63) is 41.9 Å². The van der Waals surface area contributed by atoms with Gasteiger partial charge in [0.05, 0.1) is 39.2 Å². The van der Waals surface area contributed by atoms with Gasteiger partial charge in [-0.1, -0.05) is 6.42 Å². The smallest absolute Gasteiger partial charge is 0.130 e. The fraction of sp³-hybridized carbons (Fsp3) is 0.524. The van der Waals surface area contributed by atoms with Crippen LogP contribution in [0, 0.1) is 0 Å². The van der Waals surface area contributed by atoms with Crippen LogP contribution in [-0.4, -0.2) is 45.9 Å². The maximum absolute atomic E-state index is 5.72. The van der Waals surface area contributed by atoms with E-state index in [0.29, 0.717) is 12.3 Å². The molecule has 0 amide bonds. The normalized spacial score (nSPS) is 16.1. The third-order valence-electron chi connectivity index (χ3n) is 5.16. The summed E-state index contributed by atoms with van der Waals surface area (Å²) in [6.45, 7) is 3.66. The summed E-state index contributed by atoms with van der Waals surface area (Å²) in [5.74, 6) is 3.24. The molecule has 0 unspecified atom stereocenters. The Balaban J connectivity index is 1.71. The van der Waals surface area contributed by atoms with E-state index in [1.165, 1.54) is 19.3 Å². The zero-order chi connectivity index (χ0) is 19.1. The van der Waals surface area contributed by atoms with Gasteiger partial charge in [0.15, 0.2) is 0 Å². The number of hydrogen-bond donors (Lipinski definition) is 1.